The molecule has 1 aromatic heterocycles. The summed E-state index contributed by atoms with van der Waals surface area (Å²) in [6.45, 7) is 1.75. The molecule has 18 heteroatoms. The van der Waals surface area contributed by atoms with E-state index in [2.05, 4.69) is 25.6 Å². The van der Waals surface area contributed by atoms with Crippen molar-refractivity contribution in [2.45, 2.75) is 31.8 Å². The van der Waals surface area contributed by atoms with Crippen molar-refractivity contribution in [1.82, 2.24) is 14.6 Å². The van der Waals surface area contributed by atoms with E-state index in [4.69, 9.17) is 16.3 Å². The van der Waals surface area contributed by atoms with Crippen molar-refractivity contribution in [3.8, 4) is 0 Å². The molecular formula is C16H19ClN5NaO9S2. The number of esters is 1. The summed E-state index contributed by atoms with van der Waals surface area (Å²) >= 11 is 6.34. The van der Waals surface area contributed by atoms with Gasteiger partial charge in [-0.25, -0.2) is 22.5 Å². The molecule has 0 saturated carbocycles. The molecular weight excluding hydrogens is 529 g/mol. The van der Waals surface area contributed by atoms with Crippen molar-refractivity contribution in [2.24, 2.45) is 5.16 Å². The predicted molar refractivity (Wildman–Crippen MR) is 113 cm³/mol. The summed E-state index contributed by atoms with van der Waals surface area (Å²) in [6.07, 6.45) is 1.13. The van der Waals surface area contributed by atoms with Crippen LogP contribution in [-0.4, -0.2) is 83.3 Å². The van der Waals surface area contributed by atoms with Gasteiger partial charge in [-0.1, -0.05) is 18.5 Å². The fourth-order valence-electron chi connectivity index (χ4n) is 2.58. The molecule has 3 amide bonds. The average Bonchev–Trinajstić information content (AvgIpc) is 3.20. The number of halogens is 1. The Bertz CT molecular complexity index is 1070. The first kappa shape index (κ1) is 30.2. The maximum atomic E-state index is 12.7. The number of ether oxygens (including phenoxy) is 1. The molecule has 0 spiro atoms. The minimum absolute atomic E-state index is 0. The summed E-state index contributed by atoms with van der Waals surface area (Å²) < 4.78 is 38.9. The minimum Gasteiger partial charge on any atom is -0.731 e. The van der Waals surface area contributed by atoms with Gasteiger partial charge in [-0.15, -0.1) is 22.9 Å². The summed E-state index contributed by atoms with van der Waals surface area (Å²) in [5.41, 5.74) is -0.513. The topological polar surface area (TPSA) is 196 Å². The van der Waals surface area contributed by atoms with E-state index in [1.165, 1.54) is 5.38 Å². The molecule has 14 nitrogen and oxygen atoms in total. The summed E-state index contributed by atoms with van der Waals surface area (Å²) in [6, 6.07) is -3.58. The Labute approximate surface area is 225 Å². The molecule has 1 aliphatic heterocycles. The van der Waals surface area contributed by atoms with Crippen molar-refractivity contribution in [3.05, 3.63) is 11.1 Å². The largest absolute Gasteiger partial charge is 1.00 e. The smallest absolute Gasteiger partial charge is 0.731 e. The van der Waals surface area contributed by atoms with Crippen LogP contribution in [0.1, 0.15) is 25.5 Å². The maximum Gasteiger partial charge on any atom is 1.00 e. The summed E-state index contributed by atoms with van der Waals surface area (Å²) in [5, 5.41) is 9.48. The summed E-state index contributed by atoms with van der Waals surface area (Å²) in [5.74, 6) is -4.42. The molecule has 2 N–H and O–H groups in total. The first-order valence-electron chi connectivity index (χ1n) is 9.24. The molecule has 0 bridgehead atoms. The van der Waals surface area contributed by atoms with Crippen LogP contribution in [0.2, 0.25) is 0 Å². The molecule has 1 aromatic rings. The van der Waals surface area contributed by atoms with Gasteiger partial charge in [-0.3, -0.25) is 14.4 Å². The molecule has 0 aromatic carbocycles. The van der Waals surface area contributed by atoms with Gasteiger partial charge in [0.25, 0.3) is 11.8 Å². The first-order chi connectivity index (χ1) is 15.5. The zero-order chi connectivity index (χ0) is 24.8. The van der Waals surface area contributed by atoms with Crippen LogP contribution in [0, 0.1) is 0 Å². The van der Waals surface area contributed by atoms with Gasteiger partial charge in [0.2, 0.25) is 5.91 Å². The van der Waals surface area contributed by atoms with E-state index in [1.54, 1.807) is 0 Å². The van der Waals surface area contributed by atoms with Crippen molar-refractivity contribution in [2.75, 3.05) is 24.9 Å². The standard InChI is InChI=1S/C16H20ClN5O9S2.Na/c1-3-4-5-31-15(26)12-11(14(25)22(12)33(27,28)29)20-13(24)10(21-30-2)8-7-32-16(18-8)19-9(23)6-17;/h7,11-12H,3-6H2,1-2H3,(H,20,24)(H,18,19,23)(H,27,28,29);/q;+1/p-1. The van der Waals surface area contributed by atoms with E-state index in [1.807, 2.05) is 6.92 Å². The Morgan fingerprint density at radius 3 is 2.62 bits per heavy atom. The maximum absolute atomic E-state index is 12.7. The van der Waals surface area contributed by atoms with E-state index in [0.717, 1.165) is 18.4 Å². The van der Waals surface area contributed by atoms with Crippen LogP contribution in [0.3, 0.4) is 0 Å². The number of carbonyl (C=O) groups excluding carboxylic acids is 4. The van der Waals surface area contributed by atoms with Crippen molar-refractivity contribution in [1.29, 1.82) is 0 Å². The van der Waals surface area contributed by atoms with Gasteiger partial charge >= 0.3 is 35.5 Å². The number of β-lactam (4-membered cyclic amide) rings is 1. The number of thiazole rings is 1. The number of aromatic nitrogens is 1. The molecule has 1 aliphatic rings. The summed E-state index contributed by atoms with van der Waals surface area (Å²) in [4.78, 5) is 57.3. The van der Waals surface area contributed by atoms with Gasteiger partial charge in [0.15, 0.2) is 27.2 Å². The van der Waals surface area contributed by atoms with Crippen LogP contribution < -0.4 is 40.2 Å². The van der Waals surface area contributed by atoms with Gasteiger partial charge in [-0.2, -0.15) is 0 Å². The Balaban J connectivity index is 0.00000578. The van der Waals surface area contributed by atoms with Gasteiger partial charge < -0.3 is 24.8 Å². The molecule has 2 heterocycles. The number of rotatable bonds is 11. The minimum atomic E-state index is -5.34. The Hall–Kier alpha value is -1.82. The normalized spacial score (nSPS) is 17.8. The third-order valence-electron chi connectivity index (χ3n) is 4.08. The SMILES string of the molecule is CCCCOC(=O)C1C(NC(=O)C(=NOC)c2csc(NC(=O)CCl)n2)C(=O)N1S(=O)(=O)[O-].[Na+]. The molecule has 0 radical (unpaired) electrons. The van der Waals surface area contributed by atoms with Crippen molar-refractivity contribution >= 4 is 67.8 Å². The Morgan fingerprint density at radius 2 is 2.06 bits per heavy atom. The number of hydrogen-bond acceptors (Lipinski definition) is 12. The van der Waals surface area contributed by atoms with Gasteiger partial charge in [0.05, 0.1) is 6.61 Å². The molecule has 1 saturated heterocycles. The number of anilines is 1. The van der Waals surface area contributed by atoms with Crippen LogP contribution in [0.25, 0.3) is 0 Å². The van der Waals surface area contributed by atoms with Crippen LogP contribution >= 0.6 is 22.9 Å². The van der Waals surface area contributed by atoms with Crippen LogP contribution in [0.5, 0.6) is 0 Å². The van der Waals surface area contributed by atoms with E-state index < -0.39 is 51.8 Å². The number of hydrogen-bond donors (Lipinski definition) is 2. The van der Waals surface area contributed by atoms with Crippen LogP contribution in [0.15, 0.2) is 10.5 Å². The quantitative estimate of drug-likeness (QED) is 0.0404. The number of amides is 3. The zero-order valence-corrected chi connectivity index (χ0v) is 22.7. The average molecular weight is 548 g/mol. The molecule has 1 fully saturated rings. The van der Waals surface area contributed by atoms with Gasteiger partial charge in [0.1, 0.15) is 24.7 Å². The van der Waals surface area contributed by atoms with Crippen molar-refractivity contribution < 1.29 is 71.3 Å². The fourth-order valence-corrected chi connectivity index (χ4v) is 4.18. The monoisotopic (exact) mass is 547 g/mol. The Morgan fingerprint density at radius 1 is 1.38 bits per heavy atom. The van der Waals surface area contributed by atoms with E-state index in [-0.39, 0.29) is 57.2 Å². The predicted octanol–water partition coefficient (Wildman–Crippen LogP) is -3.83. The number of nitrogens with zero attached hydrogens (tertiary/aromatic N) is 3. The molecule has 2 rings (SSSR count). The third kappa shape index (κ3) is 7.34. The van der Waals surface area contributed by atoms with E-state index in [9.17, 15) is 32.1 Å². The van der Waals surface area contributed by atoms with E-state index in [0.29, 0.717) is 12.8 Å². The Kier molecular flexibility index (Phi) is 11.8. The fraction of sp³-hybridized carbons (Fsp3) is 0.500. The second kappa shape index (κ2) is 13.3. The molecule has 182 valence electrons. The third-order valence-corrected chi connectivity index (χ3v) is 5.96. The zero-order valence-electron chi connectivity index (χ0n) is 18.3. The van der Waals surface area contributed by atoms with E-state index >= 15 is 0 Å². The number of nitrogens with one attached hydrogen (secondary N) is 2. The molecule has 0 aliphatic carbocycles. The summed E-state index contributed by atoms with van der Waals surface area (Å²) in [7, 11) is -4.21. The number of oxime groups is 1. The second-order valence-electron chi connectivity index (χ2n) is 6.35. The number of unbranched alkanes of at least 4 members (excludes halogenated alkanes) is 1. The van der Waals surface area contributed by atoms with Crippen LogP contribution in [-0.2, 0) is 39.1 Å². The molecule has 34 heavy (non-hydrogen) atoms. The van der Waals surface area contributed by atoms with Gasteiger partial charge in [-0.05, 0) is 6.42 Å². The second-order valence-corrected chi connectivity index (χ2v) is 8.73. The molecule has 2 unspecified atom stereocenters. The van der Waals surface area contributed by atoms with Crippen LogP contribution in [0.4, 0.5) is 5.13 Å². The van der Waals surface area contributed by atoms with Crippen molar-refractivity contribution in [3.63, 3.8) is 0 Å². The molecule has 2 atom stereocenters. The number of alkyl halides is 1. The number of carbonyl (C=O) groups is 4. The van der Waals surface area contributed by atoms with Gasteiger partial charge in [0, 0.05) is 5.38 Å². The first-order valence-corrected chi connectivity index (χ1v) is 12.0.